The van der Waals surface area contributed by atoms with Crippen molar-refractivity contribution in [3.05, 3.63) is 59.7 Å². The first-order valence-corrected chi connectivity index (χ1v) is 9.11. The topological polar surface area (TPSA) is 61.4 Å². The third kappa shape index (κ3) is 4.85. The summed E-state index contributed by atoms with van der Waals surface area (Å²) >= 11 is 0. The number of carbonyl (C=O) groups is 2. The van der Waals surface area contributed by atoms with E-state index in [1.807, 2.05) is 55.5 Å². The first kappa shape index (κ1) is 18.0. The van der Waals surface area contributed by atoms with E-state index in [0.29, 0.717) is 12.2 Å². The highest BCUT2D eigenvalue weighted by Crippen LogP contribution is 2.21. The highest BCUT2D eigenvalue weighted by atomic mass is 16.2. The number of aryl methyl sites for hydroxylation is 1. The molecule has 1 heterocycles. The second-order valence-electron chi connectivity index (χ2n) is 6.72. The van der Waals surface area contributed by atoms with Crippen molar-refractivity contribution in [2.24, 2.45) is 0 Å². The normalized spacial score (nSPS) is 14.0. The molecule has 0 atom stereocenters. The van der Waals surface area contributed by atoms with Crippen molar-refractivity contribution < 1.29 is 9.59 Å². The first-order chi connectivity index (χ1) is 12.6. The van der Waals surface area contributed by atoms with Gasteiger partial charge >= 0.3 is 11.8 Å². The van der Waals surface area contributed by atoms with Crippen molar-refractivity contribution in [2.75, 3.05) is 23.3 Å². The molecule has 0 radical (unpaired) electrons. The molecule has 0 bridgehead atoms. The fourth-order valence-electron chi connectivity index (χ4n) is 3.18. The Bertz CT molecular complexity index is 765. The van der Waals surface area contributed by atoms with E-state index in [0.717, 1.165) is 29.9 Å². The molecule has 0 spiro atoms. The molecule has 5 nitrogen and oxygen atoms in total. The molecule has 0 aromatic heterocycles. The molecule has 0 unspecified atom stereocenters. The van der Waals surface area contributed by atoms with E-state index >= 15 is 0 Å². The minimum atomic E-state index is -0.650. The zero-order chi connectivity index (χ0) is 18.4. The van der Waals surface area contributed by atoms with E-state index in [4.69, 9.17) is 0 Å². The Morgan fingerprint density at radius 1 is 0.962 bits per heavy atom. The summed E-state index contributed by atoms with van der Waals surface area (Å²) in [5.41, 5.74) is 3.88. The Morgan fingerprint density at radius 3 is 2.38 bits per heavy atom. The smallest absolute Gasteiger partial charge is 0.313 e. The number of rotatable bonds is 4. The van der Waals surface area contributed by atoms with Crippen molar-refractivity contribution in [1.29, 1.82) is 0 Å². The minimum Gasteiger partial charge on any atom is -0.372 e. The summed E-state index contributed by atoms with van der Waals surface area (Å²) in [7, 11) is 0. The second-order valence-corrected chi connectivity index (χ2v) is 6.72. The lowest BCUT2D eigenvalue weighted by atomic mass is 10.1. The summed E-state index contributed by atoms with van der Waals surface area (Å²) in [6.45, 7) is 4.48. The highest BCUT2D eigenvalue weighted by molar-refractivity contribution is 6.39. The Balaban J connectivity index is 1.51. The molecule has 1 aliphatic rings. The summed E-state index contributed by atoms with van der Waals surface area (Å²) < 4.78 is 0. The van der Waals surface area contributed by atoms with E-state index < -0.39 is 11.8 Å². The van der Waals surface area contributed by atoms with Crippen LogP contribution in [0.2, 0.25) is 0 Å². The lowest BCUT2D eigenvalue weighted by Gasteiger charge is -2.28. The SMILES string of the molecule is Cc1cccc(CNC(=O)C(=O)Nc2ccc(N3CCCCC3)cc2)c1. The Hall–Kier alpha value is -2.82. The van der Waals surface area contributed by atoms with E-state index in [9.17, 15) is 9.59 Å². The molecule has 2 amide bonds. The van der Waals surface area contributed by atoms with E-state index in [1.54, 1.807) is 0 Å². The van der Waals surface area contributed by atoms with Crippen molar-refractivity contribution in [3.8, 4) is 0 Å². The van der Waals surface area contributed by atoms with Gasteiger partial charge in [0.1, 0.15) is 0 Å². The van der Waals surface area contributed by atoms with Gasteiger partial charge in [-0.05, 0) is 56.0 Å². The van der Waals surface area contributed by atoms with Crippen LogP contribution in [-0.4, -0.2) is 24.9 Å². The van der Waals surface area contributed by atoms with Gasteiger partial charge in [0.25, 0.3) is 0 Å². The summed E-state index contributed by atoms with van der Waals surface area (Å²) in [6, 6.07) is 15.5. The average Bonchev–Trinajstić information content (AvgIpc) is 2.67. The third-order valence-electron chi connectivity index (χ3n) is 4.59. The maximum absolute atomic E-state index is 12.1. The van der Waals surface area contributed by atoms with Crippen LogP contribution in [0.25, 0.3) is 0 Å². The molecule has 0 aliphatic carbocycles. The maximum Gasteiger partial charge on any atom is 0.313 e. The standard InChI is InChI=1S/C21H25N3O2/c1-16-6-5-7-17(14-16)15-22-20(25)21(26)23-18-8-10-19(11-9-18)24-12-3-2-4-13-24/h5-11,14H,2-4,12-13,15H2,1H3,(H,22,25)(H,23,26). The van der Waals surface area contributed by atoms with Crippen LogP contribution in [0.4, 0.5) is 11.4 Å². The number of carbonyl (C=O) groups excluding carboxylic acids is 2. The van der Waals surface area contributed by atoms with Crippen LogP contribution in [0, 0.1) is 6.92 Å². The minimum absolute atomic E-state index is 0.335. The predicted molar refractivity (Wildman–Crippen MR) is 104 cm³/mol. The van der Waals surface area contributed by atoms with Crippen molar-refractivity contribution in [2.45, 2.75) is 32.7 Å². The molecule has 2 N–H and O–H groups in total. The number of hydrogen-bond acceptors (Lipinski definition) is 3. The predicted octanol–water partition coefficient (Wildman–Crippen LogP) is 3.24. The number of amides is 2. The summed E-state index contributed by atoms with van der Waals surface area (Å²) in [5.74, 6) is -1.28. The zero-order valence-electron chi connectivity index (χ0n) is 15.1. The second kappa shape index (κ2) is 8.52. The number of hydrogen-bond donors (Lipinski definition) is 2. The fraction of sp³-hybridized carbons (Fsp3) is 0.333. The molecule has 1 aliphatic heterocycles. The number of benzene rings is 2. The van der Waals surface area contributed by atoms with E-state index in [-0.39, 0.29) is 0 Å². The zero-order valence-corrected chi connectivity index (χ0v) is 15.1. The Kier molecular flexibility index (Phi) is 5.89. The van der Waals surface area contributed by atoms with Gasteiger partial charge in [-0.15, -0.1) is 0 Å². The number of anilines is 2. The molecular weight excluding hydrogens is 326 g/mol. The van der Waals surface area contributed by atoms with Crippen LogP contribution < -0.4 is 15.5 Å². The molecule has 5 heteroatoms. The highest BCUT2D eigenvalue weighted by Gasteiger charge is 2.14. The average molecular weight is 351 g/mol. The lowest BCUT2D eigenvalue weighted by Crippen LogP contribution is -2.35. The van der Waals surface area contributed by atoms with Gasteiger partial charge in [-0.3, -0.25) is 9.59 Å². The van der Waals surface area contributed by atoms with Gasteiger partial charge in [-0.1, -0.05) is 29.8 Å². The van der Waals surface area contributed by atoms with Gasteiger partial charge in [0.05, 0.1) is 0 Å². The molecule has 0 saturated carbocycles. The molecule has 26 heavy (non-hydrogen) atoms. The molecule has 2 aromatic carbocycles. The van der Waals surface area contributed by atoms with Gasteiger partial charge in [0.15, 0.2) is 0 Å². The van der Waals surface area contributed by atoms with Crippen LogP contribution in [0.15, 0.2) is 48.5 Å². The number of piperidine rings is 1. The van der Waals surface area contributed by atoms with E-state index in [2.05, 4.69) is 15.5 Å². The quantitative estimate of drug-likeness (QED) is 0.832. The fourth-order valence-corrected chi connectivity index (χ4v) is 3.18. The largest absolute Gasteiger partial charge is 0.372 e. The molecule has 3 rings (SSSR count). The molecular formula is C21H25N3O2. The Morgan fingerprint density at radius 2 is 1.69 bits per heavy atom. The summed E-state index contributed by atoms with van der Waals surface area (Å²) in [6.07, 6.45) is 3.74. The molecule has 1 fully saturated rings. The van der Waals surface area contributed by atoms with Crippen LogP contribution in [-0.2, 0) is 16.1 Å². The van der Waals surface area contributed by atoms with Crippen LogP contribution in [0.3, 0.4) is 0 Å². The van der Waals surface area contributed by atoms with Crippen molar-refractivity contribution in [3.63, 3.8) is 0 Å². The van der Waals surface area contributed by atoms with Crippen LogP contribution in [0.5, 0.6) is 0 Å². The van der Waals surface area contributed by atoms with Gasteiger partial charge in [0, 0.05) is 31.0 Å². The maximum atomic E-state index is 12.1. The molecule has 2 aromatic rings. The van der Waals surface area contributed by atoms with Crippen LogP contribution in [0.1, 0.15) is 30.4 Å². The van der Waals surface area contributed by atoms with Crippen LogP contribution >= 0.6 is 0 Å². The monoisotopic (exact) mass is 351 g/mol. The lowest BCUT2D eigenvalue weighted by molar-refractivity contribution is -0.136. The van der Waals surface area contributed by atoms with Gasteiger partial charge in [-0.25, -0.2) is 0 Å². The molecule has 136 valence electrons. The van der Waals surface area contributed by atoms with Gasteiger partial charge < -0.3 is 15.5 Å². The number of nitrogens with zero attached hydrogens (tertiary/aromatic N) is 1. The number of nitrogens with one attached hydrogen (secondary N) is 2. The summed E-state index contributed by atoms with van der Waals surface area (Å²) in [5, 5.41) is 5.30. The van der Waals surface area contributed by atoms with Gasteiger partial charge in [-0.2, -0.15) is 0 Å². The Labute approximate surface area is 154 Å². The first-order valence-electron chi connectivity index (χ1n) is 9.11. The van der Waals surface area contributed by atoms with Crippen molar-refractivity contribution >= 4 is 23.2 Å². The van der Waals surface area contributed by atoms with Crippen molar-refractivity contribution in [1.82, 2.24) is 5.32 Å². The summed E-state index contributed by atoms with van der Waals surface area (Å²) in [4.78, 5) is 26.4. The molecule has 1 saturated heterocycles. The third-order valence-corrected chi connectivity index (χ3v) is 4.59. The van der Waals surface area contributed by atoms with E-state index in [1.165, 1.54) is 19.3 Å². The van der Waals surface area contributed by atoms with Gasteiger partial charge in [0.2, 0.25) is 0 Å².